The summed E-state index contributed by atoms with van der Waals surface area (Å²) < 4.78 is 13.3. The third kappa shape index (κ3) is 3.04. The summed E-state index contributed by atoms with van der Waals surface area (Å²) >= 11 is 3.10. The predicted octanol–water partition coefficient (Wildman–Crippen LogP) is 1.84. The largest absolute Gasteiger partial charge is 0.394 e. The molecule has 0 saturated carbocycles. The number of nitrogens with two attached hydrogens (primary N) is 1. The van der Waals surface area contributed by atoms with Gasteiger partial charge in [0.15, 0.2) is 0 Å². The number of rotatable bonds is 3. The fourth-order valence-corrected chi connectivity index (χ4v) is 1.60. The maximum atomic E-state index is 12.9. The average molecular weight is 262 g/mol. The molecule has 1 rings (SSSR count). The molecule has 0 amide bonds. The van der Waals surface area contributed by atoms with E-state index >= 15 is 0 Å². The maximum absolute atomic E-state index is 12.9. The van der Waals surface area contributed by atoms with Crippen molar-refractivity contribution in [2.24, 2.45) is 5.73 Å². The molecule has 0 aliphatic heterocycles. The standard InChI is InChI=1S/C10H13BrFNO/c1-10(13,6-14)5-7-2-3-9(12)8(11)4-7/h2-4,14H,5-6,13H2,1H3. The molecular weight excluding hydrogens is 249 g/mol. The molecule has 3 N–H and O–H groups in total. The summed E-state index contributed by atoms with van der Waals surface area (Å²) in [6.45, 7) is 1.66. The summed E-state index contributed by atoms with van der Waals surface area (Å²) in [6.07, 6.45) is 0.516. The van der Waals surface area contributed by atoms with Crippen molar-refractivity contribution in [2.45, 2.75) is 18.9 Å². The Bertz CT molecular complexity index is 328. The molecule has 14 heavy (non-hydrogen) atoms. The zero-order valence-electron chi connectivity index (χ0n) is 7.93. The number of hydrogen-bond acceptors (Lipinski definition) is 2. The monoisotopic (exact) mass is 261 g/mol. The minimum atomic E-state index is -0.655. The lowest BCUT2D eigenvalue weighted by molar-refractivity contribution is 0.208. The summed E-state index contributed by atoms with van der Waals surface area (Å²) in [5.41, 5.74) is 6.02. The number of benzene rings is 1. The average Bonchev–Trinajstić information content (AvgIpc) is 2.11. The summed E-state index contributed by atoms with van der Waals surface area (Å²) in [5, 5.41) is 8.97. The molecule has 0 saturated heterocycles. The van der Waals surface area contributed by atoms with Crippen LogP contribution in [0.3, 0.4) is 0 Å². The van der Waals surface area contributed by atoms with Crippen molar-refractivity contribution in [3.63, 3.8) is 0 Å². The van der Waals surface area contributed by atoms with Crippen molar-refractivity contribution < 1.29 is 9.50 Å². The van der Waals surface area contributed by atoms with Gasteiger partial charge >= 0.3 is 0 Å². The normalized spacial score (nSPS) is 15.2. The van der Waals surface area contributed by atoms with E-state index in [1.807, 2.05) is 0 Å². The van der Waals surface area contributed by atoms with Gasteiger partial charge in [-0.15, -0.1) is 0 Å². The van der Waals surface area contributed by atoms with E-state index in [9.17, 15) is 4.39 Å². The minimum Gasteiger partial charge on any atom is -0.394 e. The molecule has 0 aliphatic rings. The fourth-order valence-electron chi connectivity index (χ4n) is 1.17. The smallest absolute Gasteiger partial charge is 0.137 e. The van der Waals surface area contributed by atoms with E-state index in [2.05, 4.69) is 15.9 Å². The molecule has 78 valence electrons. The lowest BCUT2D eigenvalue weighted by atomic mass is 9.95. The Hall–Kier alpha value is -0.450. The van der Waals surface area contributed by atoms with Gasteiger partial charge < -0.3 is 10.8 Å². The van der Waals surface area contributed by atoms with E-state index < -0.39 is 5.54 Å². The molecule has 2 nitrogen and oxygen atoms in total. The lowest BCUT2D eigenvalue weighted by Gasteiger charge is -2.21. The molecule has 1 aromatic rings. The van der Waals surface area contributed by atoms with Crippen LogP contribution in [-0.4, -0.2) is 17.3 Å². The van der Waals surface area contributed by atoms with Gasteiger partial charge in [0.1, 0.15) is 5.82 Å². The van der Waals surface area contributed by atoms with E-state index in [1.165, 1.54) is 6.07 Å². The SMILES string of the molecule is CC(N)(CO)Cc1ccc(F)c(Br)c1. The Kier molecular flexibility index (Phi) is 3.64. The van der Waals surface area contributed by atoms with Gasteiger partial charge in [-0.1, -0.05) is 6.07 Å². The van der Waals surface area contributed by atoms with Crippen LogP contribution in [0.5, 0.6) is 0 Å². The van der Waals surface area contributed by atoms with Crippen LogP contribution >= 0.6 is 15.9 Å². The van der Waals surface area contributed by atoms with Crippen molar-refractivity contribution in [2.75, 3.05) is 6.61 Å². The Balaban J connectivity index is 2.83. The first-order valence-corrected chi connectivity index (χ1v) is 5.07. The van der Waals surface area contributed by atoms with Crippen LogP contribution in [-0.2, 0) is 6.42 Å². The molecule has 0 heterocycles. The highest BCUT2D eigenvalue weighted by Crippen LogP contribution is 2.19. The van der Waals surface area contributed by atoms with Gasteiger partial charge in [-0.25, -0.2) is 4.39 Å². The van der Waals surface area contributed by atoms with Gasteiger partial charge in [-0.3, -0.25) is 0 Å². The van der Waals surface area contributed by atoms with E-state index in [0.717, 1.165) is 5.56 Å². The van der Waals surface area contributed by atoms with Crippen LogP contribution in [0.25, 0.3) is 0 Å². The summed E-state index contributed by atoms with van der Waals surface area (Å²) in [4.78, 5) is 0. The van der Waals surface area contributed by atoms with E-state index in [-0.39, 0.29) is 12.4 Å². The molecule has 0 bridgehead atoms. The first-order valence-electron chi connectivity index (χ1n) is 4.28. The van der Waals surface area contributed by atoms with Crippen molar-refractivity contribution in [1.82, 2.24) is 0 Å². The Morgan fingerprint density at radius 3 is 2.71 bits per heavy atom. The second-order valence-corrected chi connectivity index (χ2v) is 4.59. The van der Waals surface area contributed by atoms with E-state index in [4.69, 9.17) is 10.8 Å². The number of hydrogen-bond donors (Lipinski definition) is 2. The van der Waals surface area contributed by atoms with Gasteiger partial charge in [0.05, 0.1) is 11.1 Å². The molecule has 1 aromatic carbocycles. The Labute approximate surface area is 91.1 Å². The van der Waals surface area contributed by atoms with Crippen molar-refractivity contribution >= 4 is 15.9 Å². The Morgan fingerprint density at radius 1 is 1.57 bits per heavy atom. The molecule has 0 radical (unpaired) electrons. The summed E-state index contributed by atoms with van der Waals surface area (Å²) in [7, 11) is 0. The zero-order valence-corrected chi connectivity index (χ0v) is 9.51. The van der Waals surface area contributed by atoms with Crippen molar-refractivity contribution in [3.05, 3.63) is 34.1 Å². The van der Waals surface area contributed by atoms with Gasteiger partial charge in [-0.2, -0.15) is 0 Å². The molecule has 0 spiro atoms. The zero-order chi connectivity index (χ0) is 10.8. The molecule has 0 aromatic heterocycles. The van der Waals surface area contributed by atoms with Crippen LogP contribution < -0.4 is 5.73 Å². The van der Waals surface area contributed by atoms with Crippen LogP contribution in [0.15, 0.2) is 22.7 Å². The van der Waals surface area contributed by atoms with Crippen molar-refractivity contribution in [3.8, 4) is 0 Å². The van der Waals surface area contributed by atoms with E-state index in [1.54, 1.807) is 19.1 Å². The molecule has 1 atom stereocenters. The van der Waals surface area contributed by atoms with Crippen molar-refractivity contribution in [1.29, 1.82) is 0 Å². The highest BCUT2D eigenvalue weighted by Gasteiger charge is 2.17. The molecule has 1 unspecified atom stereocenters. The van der Waals surface area contributed by atoms with E-state index in [0.29, 0.717) is 10.9 Å². The quantitative estimate of drug-likeness (QED) is 0.873. The second kappa shape index (κ2) is 4.38. The van der Waals surface area contributed by atoms with Gasteiger partial charge in [0, 0.05) is 5.54 Å². The first kappa shape index (κ1) is 11.6. The minimum absolute atomic E-state index is 0.0952. The third-order valence-corrected chi connectivity index (χ3v) is 2.56. The van der Waals surface area contributed by atoms with Gasteiger partial charge in [0.25, 0.3) is 0 Å². The highest BCUT2D eigenvalue weighted by atomic mass is 79.9. The highest BCUT2D eigenvalue weighted by molar-refractivity contribution is 9.10. The fraction of sp³-hybridized carbons (Fsp3) is 0.400. The number of halogens is 2. The van der Waals surface area contributed by atoms with Crippen LogP contribution in [0, 0.1) is 5.82 Å². The Morgan fingerprint density at radius 2 is 2.21 bits per heavy atom. The number of aliphatic hydroxyl groups excluding tert-OH is 1. The predicted molar refractivity (Wildman–Crippen MR) is 57.5 cm³/mol. The van der Waals surface area contributed by atoms with Crippen LogP contribution in [0.2, 0.25) is 0 Å². The molecule has 0 fully saturated rings. The topological polar surface area (TPSA) is 46.2 Å². The second-order valence-electron chi connectivity index (χ2n) is 3.74. The molecule has 0 aliphatic carbocycles. The van der Waals surface area contributed by atoms with Crippen LogP contribution in [0.1, 0.15) is 12.5 Å². The lowest BCUT2D eigenvalue weighted by Crippen LogP contribution is -2.42. The third-order valence-electron chi connectivity index (χ3n) is 1.95. The number of aliphatic hydroxyl groups is 1. The van der Waals surface area contributed by atoms with Gasteiger partial charge in [0.2, 0.25) is 0 Å². The summed E-state index contributed by atoms with van der Waals surface area (Å²) in [6, 6.07) is 4.73. The first-order chi connectivity index (χ1) is 6.44. The molecule has 4 heteroatoms. The van der Waals surface area contributed by atoms with Crippen LogP contribution in [0.4, 0.5) is 4.39 Å². The molecular formula is C10H13BrFNO. The van der Waals surface area contributed by atoms with Gasteiger partial charge in [-0.05, 0) is 47.0 Å². The maximum Gasteiger partial charge on any atom is 0.137 e. The summed E-state index contributed by atoms with van der Waals surface area (Å²) in [5.74, 6) is -0.295.